The summed E-state index contributed by atoms with van der Waals surface area (Å²) in [5.41, 5.74) is 4.05. The lowest BCUT2D eigenvalue weighted by atomic mass is 10.0. The molecule has 0 bridgehead atoms. The fourth-order valence-electron chi connectivity index (χ4n) is 2.64. The van der Waals surface area contributed by atoms with Gasteiger partial charge in [-0.05, 0) is 31.5 Å². The maximum atomic E-state index is 10.9. The molecular formula is C17H13ClN4O2S. The molecule has 1 N–H and O–H groups in total. The highest BCUT2D eigenvalue weighted by atomic mass is 35.5. The van der Waals surface area contributed by atoms with E-state index in [-0.39, 0.29) is 5.69 Å². The van der Waals surface area contributed by atoms with Crippen LogP contribution in [0.3, 0.4) is 0 Å². The second-order valence-corrected chi connectivity index (χ2v) is 6.79. The molecule has 2 heterocycles. The highest BCUT2D eigenvalue weighted by Gasteiger charge is 2.16. The fraction of sp³-hybridized carbons (Fsp3) is 0.176. The molecule has 0 spiro atoms. The van der Waals surface area contributed by atoms with Crippen molar-refractivity contribution in [3.05, 3.63) is 56.3 Å². The highest BCUT2D eigenvalue weighted by Crippen LogP contribution is 2.30. The summed E-state index contributed by atoms with van der Waals surface area (Å²) in [6.07, 6.45) is 0. The van der Waals surface area contributed by atoms with Gasteiger partial charge in [-0.15, -0.1) is 11.3 Å². The minimum Gasteiger partial charge on any atom is -0.476 e. The summed E-state index contributed by atoms with van der Waals surface area (Å²) in [5, 5.41) is 25.1. The Morgan fingerprint density at radius 3 is 2.80 bits per heavy atom. The molecule has 0 atom stereocenters. The van der Waals surface area contributed by atoms with Gasteiger partial charge < -0.3 is 5.11 Å². The lowest BCUT2D eigenvalue weighted by Gasteiger charge is -2.05. The predicted molar refractivity (Wildman–Crippen MR) is 95.0 cm³/mol. The van der Waals surface area contributed by atoms with Gasteiger partial charge in [0.15, 0.2) is 5.69 Å². The molecule has 3 rings (SSSR count). The Bertz CT molecular complexity index is 1020. The van der Waals surface area contributed by atoms with Crippen LogP contribution in [0, 0.1) is 25.2 Å². The molecule has 0 aliphatic heterocycles. The van der Waals surface area contributed by atoms with E-state index in [0.717, 1.165) is 22.5 Å². The van der Waals surface area contributed by atoms with Crippen molar-refractivity contribution in [2.24, 2.45) is 0 Å². The van der Waals surface area contributed by atoms with Crippen LogP contribution in [-0.2, 0) is 6.54 Å². The molecule has 0 amide bonds. The molecule has 6 nitrogen and oxygen atoms in total. The summed E-state index contributed by atoms with van der Waals surface area (Å²) in [4.78, 5) is 15.0. The summed E-state index contributed by atoms with van der Waals surface area (Å²) in [5.74, 6) is -1.04. The van der Waals surface area contributed by atoms with Crippen molar-refractivity contribution >= 4 is 28.9 Å². The molecule has 1 aromatic carbocycles. The molecule has 0 aliphatic carbocycles. The summed E-state index contributed by atoms with van der Waals surface area (Å²) >= 11 is 7.43. The van der Waals surface area contributed by atoms with Crippen LogP contribution in [0.5, 0.6) is 0 Å². The molecular weight excluding hydrogens is 360 g/mol. The molecule has 126 valence electrons. The number of hydrogen-bond donors (Lipinski definition) is 1. The number of aromatic carboxylic acids is 1. The maximum absolute atomic E-state index is 10.9. The Morgan fingerprint density at radius 2 is 2.20 bits per heavy atom. The molecule has 0 radical (unpaired) electrons. The number of carbonyl (C=O) groups is 1. The predicted octanol–water partition coefficient (Wildman–Crippen LogP) is 3.90. The van der Waals surface area contributed by atoms with Crippen LogP contribution in [0.15, 0.2) is 23.6 Å². The van der Waals surface area contributed by atoms with Crippen molar-refractivity contribution in [2.75, 3.05) is 0 Å². The SMILES string of the molecule is Cc1nn(Cc2nc(C(=O)O)cs2)c(C)c1-c1ccc(C#N)c(Cl)c1. The van der Waals surface area contributed by atoms with Crippen LogP contribution in [0.1, 0.15) is 32.4 Å². The molecule has 0 aliphatic rings. The van der Waals surface area contributed by atoms with Crippen LogP contribution in [0.2, 0.25) is 5.02 Å². The first-order valence-electron chi connectivity index (χ1n) is 7.32. The second-order valence-electron chi connectivity index (χ2n) is 5.44. The van der Waals surface area contributed by atoms with Gasteiger partial charge in [0.05, 0.1) is 22.8 Å². The summed E-state index contributed by atoms with van der Waals surface area (Å²) in [6.45, 7) is 4.23. The van der Waals surface area contributed by atoms with Gasteiger partial charge >= 0.3 is 5.97 Å². The van der Waals surface area contributed by atoms with E-state index < -0.39 is 5.97 Å². The van der Waals surface area contributed by atoms with Gasteiger partial charge in [-0.25, -0.2) is 9.78 Å². The van der Waals surface area contributed by atoms with Crippen LogP contribution in [0.4, 0.5) is 0 Å². The van der Waals surface area contributed by atoms with E-state index >= 15 is 0 Å². The standard InChI is InChI=1S/C17H13ClN4O2S/c1-9-16(11-3-4-12(6-19)13(18)5-11)10(2)22(21-9)7-15-20-14(8-25-15)17(23)24/h3-5,8H,7H2,1-2H3,(H,23,24). The minimum absolute atomic E-state index is 0.0422. The highest BCUT2D eigenvalue weighted by molar-refractivity contribution is 7.09. The molecule has 0 unspecified atom stereocenters. The third-order valence-corrected chi connectivity index (χ3v) is 4.96. The van der Waals surface area contributed by atoms with E-state index in [4.69, 9.17) is 22.0 Å². The molecule has 8 heteroatoms. The first kappa shape index (κ1) is 17.1. The number of hydrogen-bond acceptors (Lipinski definition) is 5. The van der Waals surface area contributed by atoms with Crippen LogP contribution >= 0.6 is 22.9 Å². The van der Waals surface area contributed by atoms with E-state index in [0.29, 0.717) is 22.1 Å². The Morgan fingerprint density at radius 1 is 1.44 bits per heavy atom. The second kappa shape index (κ2) is 6.67. The number of nitriles is 1. The van der Waals surface area contributed by atoms with Gasteiger partial charge in [0.2, 0.25) is 0 Å². The zero-order valence-corrected chi connectivity index (χ0v) is 15.0. The van der Waals surface area contributed by atoms with Crippen molar-refractivity contribution in [3.8, 4) is 17.2 Å². The number of rotatable bonds is 4. The van der Waals surface area contributed by atoms with Crippen LogP contribution < -0.4 is 0 Å². The lowest BCUT2D eigenvalue weighted by Crippen LogP contribution is -2.05. The molecule has 0 fully saturated rings. The third-order valence-electron chi connectivity index (χ3n) is 3.82. The summed E-state index contributed by atoms with van der Waals surface area (Å²) < 4.78 is 1.79. The van der Waals surface area contributed by atoms with Gasteiger partial charge in [0.1, 0.15) is 11.1 Å². The summed E-state index contributed by atoms with van der Waals surface area (Å²) in [6, 6.07) is 7.34. The Labute approximate surface area is 152 Å². The summed E-state index contributed by atoms with van der Waals surface area (Å²) in [7, 11) is 0. The topological polar surface area (TPSA) is 91.8 Å². The van der Waals surface area contributed by atoms with Crippen LogP contribution in [-0.4, -0.2) is 25.8 Å². The Balaban J connectivity index is 1.97. The Hall–Kier alpha value is -2.69. The van der Waals surface area contributed by atoms with Crippen LogP contribution in [0.25, 0.3) is 11.1 Å². The largest absolute Gasteiger partial charge is 0.476 e. The fourth-order valence-corrected chi connectivity index (χ4v) is 3.61. The number of aromatic nitrogens is 3. The first-order chi connectivity index (χ1) is 11.9. The van der Waals surface area contributed by atoms with E-state index in [1.54, 1.807) is 16.8 Å². The molecule has 0 saturated heterocycles. The molecule has 2 aromatic heterocycles. The number of nitrogens with zero attached hydrogens (tertiary/aromatic N) is 4. The van der Waals surface area contributed by atoms with Crippen molar-refractivity contribution in [3.63, 3.8) is 0 Å². The van der Waals surface area contributed by atoms with E-state index in [9.17, 15) is 4.79 Å². The van der Waals surface area contributed by atoms with Gasteiger partial charge in [-0.3, -0.25) is 4.68 Å². The maximum Gasteiger partial charge on any atom is 0.355 e. The number of aryl methyl sites for hydroxylation is 1. The quantitative estimate of drug-likeness (QED) is 0.749. The molecule has 25 heavy (non-hydrogen) atoms. The molecule has 0 saturated carbocycles. The van der Waals surface area contributed by atoms with Gasteiger partial charge in [0, 0.05) is 16.6 Å². The first-order valence-corrected chi connectivity index (χ1v) is 8.58. The third kappa shape index (κ3) is 3.27. The average molecular weight is 373 g/mol. The number of halogens is 1. The number of carboxylic acid groups (broad SMARTS) is 1. The smallest absolute Gasteiger partial charge is 0.355 e. The van der Waals surface area contributed by atoms with E-state index in [2.05, 4.69) is 10.1 Å². The average Bonchev–Trinajstić information content (AvgIpc) is 3.13. The van der Waals surface area contributed by atoms with Crippen molar-refractivity contribution in [2.45, 2.75) is 20.4 Å². The Kier molecular flexibility index (Phi) is 4.57. The number of thiazole rings is 1. The number of carboxylic acids is 1. The minimum atomic E-state index is -1.04. The van der Waals surface area contributed by atoms with E-state index in [1.807, 2.05) is 26.0 Å². The van der Waals surface area contributed by atoms with E-state index in [1.165, 1.54) is 16.7 Å². The normalized spacial score (nSPS) is 10.6. The monoisotopic (exact) mass is 372 g/mol. The van der Waals surface area contributed by atoms with Gasteiger partial charge in [-0.2, -0.15) is 10.4 Å². The van der Waals surface area contributed by atoms with Crippen molar-refractivity contribution in [1.82, 2.24) is 14.8 Å². The molecule has 3 aromatic rings. The zero-order valence-electron chi connectivity index (χ0n) is 13.4. The lowest BCUT2D eigenvalue weighted by molar-refractivity contribution is 0.0691. The van der Waals surface area contributed by atoms with Gasteiger partial charge in [0.25, 0.3) is 0 Å². The number of benzene rings is 1. The van der Waals surface area contributed by atoms with Crippen molar-refractivity contribution in [1.29, 1.82) is 5.26 Å². The zero-order chi connectivity index (χ0) is 18.1. The van der Waals surface area contributed by atoms with Gasteiger partial charge in [-0.1, -0.05) is 17.7 Å². The van der Waals surface area contributed by atoms with Crippen molar-refractivity contribution < 1.29 is 9.90 Å².